The lowest BCUT2D eigenvalue weighted by Gasteiger charge is -2.16. The summed E-state index contributed by atoms with van der Waals surface area (Å²) in [7, 11) is 0. The molecule has 0 aliphatic heterocycles. The fourth-order valence-corrected chi connectivity index (χ4v) is 2.97. The topological polar surface area (TPSA) is 69.0 Å². The molecule has 1 aromatic heterocycles. The van der Waals surface area contributed by atoms with Crippen molar-refractivity contribution in [2.24, 2.45) is 0 Å². The molecule has 1 N–H and O–H groups in total. The summed E-state index contributed by atoms with van der Waals surface area (Å²) in [6, 6.07) is 24.3. The third kappa shape index (κ3) is 4.32. The minimum atomic E-state index is -0.190. The molecule has 1 amide bonds. The van der Waals surface area contributed by atoms with Gasteiger partial charge in [-0.2, -0.15) is 5.10 Å². The van der Waals surface area contributed by atoms with Crippen LogP contribution in [-0.2, 0) is 0 Å². The molecule has 4 rings (SSSR count). The van der Waals surface area contributed by atoms with Crippen molar-refractivity contribution < 1.29 is 9.53 Å². The molecule has 144 valence electrons. The number of ether oxygens (including phenoxy) is 1. The molecule has 0 spiro atoms. The average molecular weight is 384 g/mol. The van der Waals surface area contributed by atoms with E-state index >= 15 is 0 Å². The number of nitrogens with one attached hydrogen (secondary N) is 1. The smallest absolute Gasteiger partial charge is 0.255 e. The predicted octanol–water partition coefficient (Wildman–Crippen LogP) is 4.55. The largest absolute Gasteiger partial charge is 0.457 e. The van der Waals surface area contributed by atoms with E-state index in [1.165, 1.54) is 6.33 Å². The Morgan fingerprint density at radius 2 is 1.69 bits per heavy atom. The van der Waals surface area contributed by atoms with Crippen molar-refractivity contribution in [2.75, 3.05) is 0 Å². The standard InChI is InChI=1S/C23H20N4O2/c1-17(18-11-13-19(14-12-18)27-16-24-15-25-27)26-23(28)21-9-5-6-10-22(21)29-20-7-3-2-4-8-20/h2-17H,1H3,(H,26,28)/t17-/m0/s1. The number of carbonyl (C=O) groups is 1. The Balaban J connectivity index is 1.48. The zero-order chi connectivity index (χ0) is 20.1. The van der Waals surface area contributed by atoms with Crippen LogP contribution in [0.2, 0.25) is 0 Å². The number of aromatic nitrogens is 3. The van der Waals surface area contributed by atoms with Crippen molar-refractivity contribution in [3.8, 4) is 17.2 Å². The molecule has 0 fully saturated rings. The number of benzene rings is 3. The third-order valence-electron chi connectivity index (χ3n) is 4.53. The molecule has 1 heterocycles. The van der Waals surface area contributed by atoms with Crippen LogP contribution in [0.1, 0.15) is 28.9 Å². The zero-order valence-electron chi connectivity index (χ0n) is 15.9. The first-order chi connectivity index (χ1) is 14.2. The quantitative estimate of drug-likeness (QED) is 0.529. The highest BCUT2D eigenvalue weighted by molar-refractivity contribution is 5.97. The first-order valence-electron chi connectivity index (χ1n) is 9.28. The van der Waals surface area contributed by atoms with Crippen LogP contribution in [0.15, 0.2) is 91.5 Å². The SMILES string of the molecule is C[C@H](NC(=O)c1ccccc1Oc1ccccc1)c1ccc(-n2cncn2)cc1. The van der Waals surface area contributed by atoms with Crippen molar-refractivity contribution in [3.05, 3.63) is 103 Å². The summed E-state index contributed by atoms with van der Waals surface area (Å²) in [4.78, 5) is 16.8. The van der Waals surface area contributed by atoms with Crippen LogP contribution in [-0.4, -0.2) is 20.7 Å². The Hall–Kier alpha value is -3.93. The van der Waals surface area contributed by atoms with E-state index in [4.69, 9.17) is 4.74 Å². The van der Waals surface area contributed by atoms with Crippen LogP contribution in [0.5, 0.6) is 11.5 Å². The first kappa shape index (κ1) is 18.4. The fraction of sp³-hybridized carbons (Fsp3) is 0.0870. The number of carbonyl (C=O) groups excluding carboxylic acids is 1. The van der Waals surface area contributed by atoms with Gasteiger partial charge in [-0.3, -0.25) is 4.79 Å². The van der Waals surface area contributed by atoms with Gasteiger partial charge in [0.1, 0.15) is 24.2 Å². The molecule has 0 radical (unpaired) electrons. The second-order valence-electron chi connectivity index (χ2n) is 6.54. The maximum Gasteiger partial charge on any atom is 0.255 e. The van der Waals surface area contributed by atoms with Crippen LogP contribution in [0, 0.1) is 0 Å². The third-order valence-corrected chi connectivity index (χ3v) is 4.53. The lowest BCUT2D eigenvalue weighted by Crippen LogP contribution is -2.27. The summed E-state index contributed by atoms with van der Waals surface area (Å²) < 4.78 is 7.58. The summed E-state index contributed by atoms with van der Waals surface area (Å²) in [5, 5.41) is 7.15. The van der Waals surface area contributed by atoms with Crippen LogP contribution >= 0.6 is 0 Å². The van der Waals surface area contributed by atoms with Crippen LogP contribution in [0.4, 0.5) is 0 Å². The molecule has 6 nitrogen and oxygen atoms in total. The number of rotatable bonds is 6. The summed E-state index contributed by atoms with van der Waals surface area (Å²) in [5.41, 5.74) is 2.39. The molecular weight excluding hydrogens is 364 g/mol. The number of hydrogen-bond acceptors (Lipinski definition) is 4. The van der Waals surface area contributed by atoms with E-state index < -0.39 is 0 Å². The Kier molecular flexibility index (Phi) is 5.33. The highest BCUT2D eigenvalue weighted by Gasteiger charge is 2.16. The number of para-hydroxylation sites is 2. The van der Waals surface area contributed by atoms with Gasteiger partial charge in [0.05, 0.1) is 17.3 Å². The van der Waals surface area contributed by atoms with Gasteiger partial charge < -0.3 is 10.1 Å². The summed E-state index contributed by atoms with van der Waals surface area (Å²) in [6.07, 6.45) is 3.13. The van der Waals surface area contributed by atoms with Crippen molar-refractivity contribution in [1.82, 2.24) is 20.1 Å². The van der Waals surface area contributed by atoms with E-state index in [0.29, 0.717) is 17.1 Å². The highest BCUT2D eigenvalue weighted by Crippen LogP contribution is 2.26. The van der Waals surface area contributed by atoms with Gasteiger partial charge in [0.15, 0.2) is 0 Å². The van der Waals surface area contributed by atoms with Crippen molar-refractivity contribution in [2.45, 2.75) is 13.0 Å². The first-order valence-corrected chi connectivity index (χ1v) is 9.28. The second-order valence-corrected chi connectivity index (χ2v) is 6.54. The molecule has 0 aliphatic carbocycles. The Morgan fingerprint density at radius 1 is 0.966 bits per heavy atom. The molecule has 0 bridgehead atoms. The maximum absolute atomic E-state index is 12.9. The monoisotopic (exact) mass is 384 g/mol. The van der Waals surface area contributed by atoms with Gasteiger partial charge in [0, 0.05) is 0 Å². The van der Waals surface area contributed by atoms with E-state index in [9.17, 15) is 4.79 Å². The molecule has 3 aromatic carbocycles. The minimum absolute atomic E-state index is 0.169. The van der Waals surface area contributed by atoms with Gasteiger partial charge in [-0.1, -0.05) is 42.5 Å². The lowest BCUT2D eigenvalue weighted by molar-refractivity contribution is 0.0937. The molecule has 0 unspecified atom stereocenters. The normalized spacial score (nSPS) is 11.6. The summed E-state index contributed by atoms with van der Waals surface area (Å²) >= 11 is 0. The second kappa shape index (κ2) is 8.39. The Bertz CT molecular complexity index is 1080. The van der Waals surface area contributed by atoms with Crippen LogP contribution in [0.3, 0.4) is 0 Å². The summed E-state index contributed by atoms with van der Waals surface area (Å²) in [6.45, 7) is 1.95. The molecule has 4 aromatic rings. The minimum Gasteiger partial charge on any atom is -0.457 e. The number of amides is 1. The molecule has 29 heavy (non-hydrogen) atoms. The van der Waals surface area contributed by atoms with E-state index in [0.717, 1.165) is 11.3 Å². The van der Waals surface area contributed by atoms with Crippen molar-refractivity contribution >= 4 is 5.91 Å². The molecular formula is C23H20N4O2. The summed E-state index contributed by atoms with van der Waals surface area (Å²) in [5.74, 6) is 1.01. The molecule has 1 atom stereocenters. The van der Waals surface area contributed by atoms with Crippen molar-refractivity contribution in [1.29, 1.82) is 0 Å². The predicted molar refractivity (Wildman–Crippen MR) is 110 cm³/mol. The highest BCUT2D eigenvalue weighted by atomic mass is 16.5. The number of nitrogens with zero attached hydrogens (tertiary/aromatic N) is 3. The number of hydrogen-bond donors (Lipinski definition) is 1. The molecule has 6 heteroatoms. The van der Waals surface area contributed by atoms with E-state index in [1.807, 2.05) is 73.7 Å². The Labute approximate surface area is 168 Å². The van der Waals surface area contributed by atoms with Gasteiger partial charge in [-0.05, 0) is 48.9 Å². The lowest BCUT2D eigenvalue weighted by atomic mass is 10.1. The molecule has 0 aliphatic rings. The molecule has 0 saturated carbocycles. The van der Waals surface area contributed by atoms with Gasteiger partial charge in [0.2, 0.25) is 0 Å². The van der Waals surface area contributed by atoms with Gasteiger partial charge >= 0.3 is 0 Å². The van der Waals surface area contributed by atoms with Gasteiger partial charge in [0.25, 0.3) is 5.91 Å². The van der Waals surface area contributed by atoms with Gasteiger partial charge in [-0.25, -0.2) is 9.67 Å². The molecule has 0 saturated heterocycles. The fourth-order valence-electron chi connectivity index (χ4n) is 2.97. The van der Waals surface area contributed by atoms with E-state index in [-0.39, 0.29) is 11.9 Å². The maximum atomic E-state index is 12.9. The van der Waals surface area contributed by atoms with Crippen molar-refractivity contribution in [3.63, 3.8) is 0 Å². The van der Waals surface area contributed by atoms with E-state index in [2.05, 4.69) is 15.4 Å². The van der Waals surface area contributed by atoms with Gasteiger partial charge in [-0.15, -0.1) is 0 Å². The Morgan fingerprint density at radius 3 is 2.41 bits per heavy atom. The average Bonchev–Trinajstić information content (AvgIpc) is 3.30. The van der Waals surface area contributed by atoms with Crippen LogP contribution < -0.4 is 10.1 Å². The van der Waals surface area contributed by atoms with Crippen LogP contribution in [0.25, 0.3) is 5.69 Å². The zero-order valence-corrected chi connectivity index (χ0v) is 15.9. The van der Waals surface area contributed by atoms with E-state index in [1.54, 1.807) is 23.1 Å².